The summed E-state index contributed by atoms with van der Waals surface area (Å²) in [6.07, 6.45) is 3.68. The Morgan fingerprint density at radius 1 is 0.971 bits per heavy atom. The Balaban J connectivity index is 1.46. The number of nitrogens with one attached hydrogen (secondary N) is 2. The number of piperidine rings is 1. The summed E-state index contributed by atoms with van der Waals surface area (Å²) in [4.78, 5) is 39.7. The lowest BCUT2D eigenvalue weighted by Crippen LogP contribution is -2.29. The summed E-state index contributed by atoms with van der Waals surface area (Å²) in [5.74, 6) is -1.03. The maximum absolute atomic E-state index is 12.6. The number of nitrogens with zero attached hydrogens (tertiary/aromatic N) is 1. The first-order valence-corrected chi connectivity index (χ1v) is 12.3. The zero-order valence-corrected chi connectivity index (χ0v) is 20.2. The number of carbonyl (C=O) groups is 3. The number of esters is 1. The summed E-state index contributed by atoms with van der Waals surface area (Å²) in [6.45, 7) is 2.57. The standard InChI is InChI=1S/C25H31N3O5S/c1-32-16-13-26-24(30)18-34-22-8-4-3-7-21(22)25(31)33-17-23(29)27-19-9-11-20(12-10-19)28-14-5-2-6-15-28/h3-4,7-12H,2,5-6,13-18H2,1H3,(H,26,30)(H,27,29). The lowest BCUT2D eigenvalue weighted by atomic mass is 10.1. The molecule has 0 aliphatic carbocycles. The van der Waals surface area contributed by atoms with Crippen LogP contribution in [0.3, 0.4) is 0 Å². The number of benzene rings is 2. The van der Waals surface area contributed by atoms with Gasteiger partial charge in [0, 0.05) is 43.0 Å². The van der Waals surface area contributed by atoms with Crippen molar-refractivity contribution in [1.82, 2.24) is 5.32 Å². The topological polar surface area (TPSA) is 97.0 Å². The second kappa shape index (κ2) is 13.6. The monoisotopic (exact) mass is 485 g/mol. The van der Waals surface area contributed by atoms with Gasteiger partial charge in [-0.05, 0) is 55.7 Å². The first kappa shape index (κ1) is 25.6. The number of carbonyl (C=O) groups excluding carboxylic acids is 3. The van der Waals surface area contributed by atoms with Crippen molar-refractivity contribution in [2.45, 2.75) is 24.2 Å². The average molecular weight is 486 g/mol. The van der Waals surface area contributed by atoms with Crippen LogP contribution in [0.2, 0.25) is 0 Å². The zero-order valence-electron chi connectivity index (χ0n) is 19.4. The van der Waals surface area contributed by atoms with E-state index in [0.717, 1.165) is 18.8 Å². The highest BCUT2D eigenvalue weighted by Crippen LogP contribution is 2.24. The smallest absolute Gasteiger partial charge is 0.339 e. The fraction of sp³-hybridized carbons (Fsp3) is 0.400. The minimum Gasteiger partial charge on any atom is -0.452 e. The Labute approximate surface area is 204 Å². The third-order valence-corrected chi connectivity index (χ3v) is 6.37. The van der Waals surface area contributed by atoms with Gasteiger partial charge in [0.1, 0.15) is 0 Å². The third kappa shape index (κ3) is 8.07. The summed E-state index contributed by atoms with van der Waals surface area (Å²) < 4.78 is 10.1. The van der Waals surface area contributed by atoms with Gasteiger partial charge in [-0.2, -0.15) is 0 Å². The number of anilines is 2. The molecule has 1 aliphatic heterocycles. The van der Waals surface area contributed by atoms with Crippen LogP contribution in [0.15, 0.2) is 53.4 Å². The molecule has 0 radical (unpaired) electrons. The Kier molecular flexibility index (Phi) is 10.2. The van der Waals surface area contributed by atoms with Gasteiger partial charge in [0.15, 0.2) is 6.61 Å². The van der Waals surface area contributed by atoms with Crippen molar-refractivity contribution >= 4 is 40.9 Å². The van der Waals surface area contributed by atoms with Crippen LogP contribution in [0.1, 0.15) is 29.6 Å². The van der Waals surface area contributed by atoms with Crippen molar-refractivity contribution in [3.05, 3.63) is 54.1 Å². The van der Waals surface area contributed by atoms with Crippen molar-refractivity contribution in [2.75, 3.05) is 55.9 Å². The van der Waals surface area contributed by atoms with E-state index in [0.29, 0.717) is 29.3 Å². The van der Waals surface area contributed by atoms with E-state index in [-0.39, 0.29) is 11.7 Å². The Bertz CT molecular complexity index is 961. The van der Waals surface area contributed by atoms with Crippen LogP contribution in [0.5, 0.6) is 0 Å². The normalized spacial score (nSPS) is 13.3. The van der Waals surface area contributed by atoms with E-state index < -0.39 is 18.5 Å². The first-order chi connectivity index (χ1) is 16.6. The first-order valence-electron chi connectivity index (χ1n) is 11.4. The molecular weight excluding hydrogens is 454 g/mol. The molecule has 1 heterocycles. The summed E-state index contributed by atoms with van der Waals surface area (Å²) in [7, 11) is 1.56. The molecule has 2 aromatic rings. The van der Waals surface area contributed by atoms with Crippen molar-refractivity contribution < 1.29 is 23.9 Å². The van der Waals surface area contributed by atoms with Crippen LogP contribution >= 0.6 is 11.8 Å². The molecule has 2 amide bonds. The molecule has 0 unspecified atom stereocenters. The number of ether oxygens (including phenoxy) is 2. The SMILES string of the molecule is COCCNC(=O)CSc1ccccc1C(=O)OCC(=O)Nc1ccc(N2CCCCC2)cc1. The van der Waals surface area contributed by atoms with Crippen molar-refractivity contribution in [2.24, 2.45) is 0 Å². The fourth-order valence-corrected chi connectivity index (χ4v) is 4.43. The number of amides is 2. The van der Waals surface area contributed by atoms with Crippen LogP contribution in [-0.2, 0) is 19.1 Å². The molecular formula is C25H31N3O5S. The van der Waals surface area contributed by atoms with E-state index in [1.54, 1.807) is 31.4 Å². The van der Waals surface area contributed by atoms with E-state index >= 15 is 0 Å². The number of thioether (sulfide) groups is 1. The quantitative estimate of drug-likeness (QED) is 0.286. The highest BCUT2D eigenvalue weighted by atomic mass is 32.2. The van der Waals surface area contributed by atoms with Crippen LogP contribution in [0.25, 0.3) is 0 Å². The lowest BCUT2D eigenvalue weighted by Gasteiger charge is -2.28. The van der Waals surface area contributed by atoms with E-state index in [9.17, 15) is 14.4 Å². The Morgan fingerprint density at radius 2 is 1.71 bits per heavy atom. The molecule has 34 heavy (non-hydrogen) atoms. The predicted octanol–water partition coefficient (Wildman–Crippen LogP) is 3.33. The highest BCUT2D eigenvalue weighted by molar-refractivity contribution is 8.00. The van der Waals surface area contributed by atoms with E-state index in [1.807, 2.05) is 24.3 Å². The molecule has 2 aromatic carbocycles. The van der Waals surface area contributed by atoms with Gasteiger partial charge in [-0.1, -0.05) is 12.1 Å². The molecule has 0 saturated carbocycles. The van der Waals surface area contributed by atoms with E-state index in [2.05, 4.69) is 15.5 Å². The molecule has 0 atom stereocenters. The Hall–Kier alpha value is -3.04. The summed E-state index contributed by atoms with van der Waals surface area (Å²) in [5.41, 5.74) is 2.11. The number of hydrogen-bond acceptors (Lipinski definition) is 7. The molecule has 0 spiro atoms. The molecule has 1 saturated heterocycles. The molecule has 8 nitrogen and oxygen atoms in total. The Morgan fingerprint density at radius 3 is 2.44 bits per heavy atom. The van der Waals surface area contributed by atoms with Crippen molar-refractivity contribution in [1.29, 1.82) is 0 Å². The van der Waals surface area contributed by atoms with Gasteiger partial charge >= 0.3 is 5.97 Å². The van der Waals surface area contributed by atoms with Crippen LogP contribution < -0.4 is 15.5 Å². The van der Waals surface area contributed by atoms with Crippen LogP contribution in [0.4, 0.5) is 11.4 Å². The van der Waals surface area contributed by atoms with Gasteiger partial charge in [0.05, 0.1) is 17.9 Å². The van der Waals surface area contributed by atoms with Gasteiger partial charge in [-0.25, -0.2) is 4.79 Å². The average Bonchev–Trinajstić information content (AvgIpc) is 2.87. The molecule has 0 bridgehead atoms. The molecule has 182 valence electrons. The fourth-order valence-electron chi connectivity index (χ4n) is 3.56. The highest BCUT2D eigenvalue weighted by Gasteiger charge is 2.16. The zero-order chi connectivity index (χ0) is 24.2. The van der Waals surface area contributed by atoms with Gasteiger partial charge in [-0.3, -0.25) is 9.59 Å². The van der Waals surface area contributed by atoms with E-state index in [1.165, 1.54) is 31.0 Å². The molecule has 1 aliphatic rings. The van der Waals surface area contributed by atoms with Gasteiger partial charge in [-0.15, -0.1) is 11.8 Å². The van der Waals surface area contributed by atoms with Crippen molar-refractivity contribution in [3.8, 4) is 0 Å². The molecule has 0 aromatic heterocycles. The third-order valence-electron chi connectivity index (χ3n) is 5.30. The van der Waals surface area contributed by atoms with E-state index in [4.69, 9.17) is 9.47 Å². The van der Waals surface area contributed by atoms with Crippen LogP contribution in [0, 0.1) is 0 Å². The summed E-state index contributed by atoms with van der Waals surface area (Å²) in [6, 6.07) is 14.5. The molecule has 2 N–H and O–H groups in total. The van der Waals surface area contributed by atoms with Crippen molar-refractivity contribution in [3.63, 3.8) is 0 Å². The predicted molar refractivity (Wildman–Crippen MR) is 133 cm³/mol. The lowest BCUT2D eigenvalue weighted by molar-refractivity contribution is -0.119. The number of hydrogen-bond donors (Lipinski definition) is 2. The molecule has 3 rings (SSSR count). The molecule has 9 heteroatoms. The minimum atomic E-state index is -0.613. The summed E-state index contributed by atoms with van der Waals surface area (Å²) in [5, 5.41) is 5.49. The summed E-state index contributed by atoms with van der Waals surface area (Å²) >= 11 is 1.23. The van der Waals surface area contributed by atoms with Gasteiger partial charge in [0.2, 0.25) is 5.91 Å². The largest absolute Gasteiger partial charge is 0.452 e. The second-order valence-electron chi connectivity index (χ2n) is 7.85. The molecule has 1 fully saturated rings. The maximum atomic E-state index is 12.6. The maximum Gasteiger partial charge on any atom is 0.339 e. The second-order valence-corrected chi connectivity index (χ2v) is 8.86. The van der Waals surface area contributed by atoms with Gasteiger partial charge in [0.25, 0.3) is 5.91 Å². The number of rotatable bonds is 11. The number of methoxy groups -OCH3 is 1. The minimum absolute atomic E-state index is 0.155. The van der Waals surface area contributed by atoms with Crippen LogP contribution in [-0.4, -0.2) is 63.5 Å². The van der Waals surface area contributed by atoms with Gasteiger partial charge < -0.3 is 25.0 Å².